The highest BCUT2D eigenvalue weighted by molar-refractivity contribution is 7.89. The lowest BCUT2D eigenvalue weighted by molar-refractivity contribution is -0.135. The number of anilines is 1. The Bertz CT molecular complexity index is 1780. The average Bonchev–Trinajstić information content (AvgIpc) is 3.75. The van der Waals surface area contributed by atoms with Gasteiger partial charge in [-0.05, 0) is 30.2 Å². The van der Waals surface area contributed by atoms with Crippen LogP contribution < -0.4 is 10.2 Å². The molecule has 1 N–H and O–H groups in total. The van der Waals surface area contributed by atoms with Crippen LogP contribution in [0.5, 0.6) is 0 Å². The van der Waals surface area contributed by atoms with E-state index in [4.69, 9.17) is 4.74 Å². The van der Waals surface area contributed by atoms with Gasteiger partial charge in [-0.25, -0.2) is 27.3 Å². The van der Waals surface area contributed by atoms with Gasteiger partial charge in [-0.2, -0.15) is 4.31 Å². The van der Waals surface area contributed by atoms with Gasteiger partial charge < -0.3 is 19.9 Å². The summed E-state index contributed by atoms with van der Waals surface area (Å²) in [6.07, 6.45) is 2.77. The summed E-state index contributed by atoms with van der Waals surface area (Å²) in [6.45, 7) is 2.94. The molecule has 15 heteroatoms. The summed E-state index contributed by atoms with van der Waals surface area (Å²) in [7, 11) is -4.00. The lowest BCUT2D eigenvalue weighted by Gasteiger charge is -2.37. The van der Waals surface area contributed by atoms with Crippen molar-refractivity contribution in [1.82, 2.24) is 34.3 Å². The van der Waals surface area contributed by atoms with Gasteiger partial charge in [-0.15, -0.1) is 5.10 Å². The quantitative estimate of drug-likeness (QED) is 0.293. The molecule has 0 radical (unpaired) electrons. The number of ether oxygens (including phenoxy) is 1. The van der Waals surface area contributed by atoms with Gasteiger partial charge >= 0.3 is 6.09 Å². The number of alkyl carbamates (subject to hydrolysis) is 1. The van der Waals surface area contributed by atoms with Gasteiger partial charge in [-0.1, -0.05) is 30.3 Å². The second-order valence-corrected chi connectivity index (χ2v) is 12.8. The molecule has 0 spiro atoms. The van der Waals surface area contributed by atoms with Crippen molar-refractivity contribution in [3.8, 4) is 0 Å². The summed E-state index contributed by atoms with van der Waals surface area (Å²) < 4.78 is 47.9. The van der Waals surface area contributed by atoms with Gasteiger partial charge in [0.2, 0.25) is 5.91 Å². The van der Waals surface area contributed by atoms with E-state index in [1.165, 1.54) is 27.4 Å². The number of piperazine rings is 1. The standard InChI is InChI=1S/C30H33FN8O5S/c31-24-6-7-25-26(18-24)32-10-8-27(25)36-14-16-37(17-15-36)28(40)23-9-12-39(19-23)45(42,43)29-34-21-38(35-29)13-11-33-30(41)44-20-22-4-2-1-3-5-22/h1-8,10,18,21,23H,9,11-17,19-20H2,(H,33,41)/t23-/m0/s1. The number of nitrogens with zero attached hydrogens (tertiary/aromatic N) is 7. The minimum atomic E-state index is -4.00. The molecule has 45 heavy (non-hydrogen) atoms. The molecule has 2 aromatic carbocycles. The average molecular weight is 637 g/mol. The molecule has 2 aromatic heterocycles. The van der Waals surface area contributed by atoms with Crippen LogP contribution >= 0.6 is 0 Å². The maximum atomic E-state index is 13.7. The van der Waals surface area contributed by atoms with Gasteiger partial charge in [-0.3, -0.25) is 9.78 Å². The van der Waals surface area contributed by atoms with Gasteiger partial charge in [0.05, 0.1) is 18.0 Å². The number of rotatable bonds is 9. The number of halogens is 1. The SMILES string of the molecule is O=C(NCCn1cnc(S(=O)(=O)N2CC[C@H](C(=O)N3CCN(c4ccnc5cc(F)ccc45)CC3)C2)n1)OCc1ccccc1. The molecule has 13 nitrogen and oxygen atoms in total. The fourth-order valence-electron chi connectivity index (χ4n) is 5.62. The van der Waals surface area contributed by atoms with E-state index in [9.17, 15) is 22.4 Å². The number of amides is 2. The van der Waals surface area contributed by atoms with E-state index >= 15 is 0 Å². The monoisotopic (exact) mass is 636 g/mol. The molecule has 4 heterocycles. The molecular weight excluding hydrogens is 603 g/mol. The molecule has 2 aliphatic heterocycles. The predicted molar refractivity (Wildman–Crippen MR) is 162 cm³/mol. The maximum Gasteiger partial charge on any atom is 0.407 e. The van der Waals surface area contributed by atoms with Crippen molar-refractivity contribution in [2.24, 2.45) is 5.92 Å². The topological polar surface area (TPSA) is 143 Å². The number of pyridine rings is 1. The Morgan fingerprint density at radius 2 is 1.80 bits per heavy atom. The van der Waals surface area contributed by atoms with E-state index in [1.807, 2.05) is 36.4 Å². The Hall–Kier alpha value is -4.63. The summed E-state index contributed by atoms with van der Waals surface area (Å²) >= 11 is 0. The van der Waals surface area contributed by atoms with Crippen LogP contribution in [0, 0.1) is 11.7 Å². The highest BCUT2D eigenvalue weighted by atomic mass is 32.2. The van der Waals surface area contributed by atoms with Crippen molar-refractivity contribution < 1.29 is 27.1 Å². The van der Waals surface area contributed by atoms with Crippen molar-refractivity contribution in [3.63, 3.8) is 0 Å². The number of carbonyl (C=O) groups is 2. The van der Waals surface area contributed by atoms with Crippen molar-refractivity contribution >= 4 is 38.6 Å². The van der Waals surface area contributed by atoms with Crippen LogP contribution in [0.3, 0.4) is 0 Å². The van der Waals surface area contributed by atoms with E-state index in [-0.39, 0.29) is 49.7 Å². The third-order valence-corrected chi connectivity index (χ3v) is 9.68. The van der Waals surface area contributed by atoms with E-state index in [0.717, 1.165) is 16.6 Å². The summed E-state index contributed by atoms with van der Waals surface area (Å²) in [4.78, 5) is 37.5. The summed E-state index contributed by atoms with van der Waals surface area (Å²) in [5.74, 6) is -0.868. The molecule has 1 atom stereocenters. The van der Waals surface area contributed by atoms with Gasteiger partial charge in [0.1, 0.15) is 18.8 Å². The minimum Gasteiger partial charge on any atom is -0.445 e. The highest BCUT2D eigenvalue weighted by Gasteiger charge is 2.39. The van der Waals surface area contributed by atoms with Crippen LogP contribution in [-0.4, -0.2) is 95.2 Å². The van der Waals surface area contributed by atoms with E-state index in [1.54, 1.807) is 17.2 Å². The molecule has 2 fully saturated rings. The molecule has 236 valence electrons. The second kappa shape index (κ2) is 13.2. The minimum absolute atomic E-state index is 0.0608. The largest absolute Gasteiger partial charge is 0.445 e. The molecular formula is C30H33FN8O5S. The number of benzene rings is 2. The summed E-state index contributed by atoms with van der Waals surface area (Å²) in [5.41, 5.74) is 2.38. The number of nitrogens with one attached hydrogen (secondary N) is 1. The molecule has 2 amide bonds. The lowest BCUT2D eigenvalue weighted by Crippen LogP contribution is -2.50. The van der Waals surface area contributed by atoms with Crippen LogP contribution in [0.1, 0.15) is 12.0 Å². The molecule has 0 aliphatic carbocycles. The van der Waals surface area contributed by atoms with Crippen molar-refractivity contribution in [1.29, 1.82) is 0 Å². The zero-order valence-corrected chi connectivity index (χ0v) is 25.3. The van der Waals surface area contributed by atoms with Crippen LogP contribution in [0.2, 0.25) is 0 Å². The molecule has 2 saturated heterocycles. The van der Waals surface area contributed by atoms with Crippen LogP contribution in [0.4, 0.5) is 14.9 Å². The number of fused-ring (bicyclic) bond motifs is 1. The third kappa shape index (κ3) is 6.88. The number of carbonyl (C=O) groups excluding carboxylic acids is 2. The van der Waals surface area contributed by atoms with Crippen LogP contribution in [-0.2, 0) is 32.7 Å². The van der Waals surface area contributed by atoms with Crippen molar-refractivity contribution in [2.45, 2.75) is 24.7 Å². The number of sulfonamides is 1. The second-order valence-electron chi connectivity index (χ2n) is 10.9. The first kappa shape index (κ1) is 30.4. The first-order valence-electron chi connectivity index (χ1n) is 14.7. The molecule has 6 rings (SSSR count). The molecule has 2 aliphatic rings. The Balaban J connectivity index is 0.975. The number of hydrogen-bond donors (Lipinski definition) is 1. The molecule has 0 unspecified atom stereocenters. The van der Waals surface area contributed by atoms with Gasteiger partial charge in [0, 0.05) is 69.2 Å². The van der Waals surface area contributed by atoms with Gasteiger partial charge in [0.25, 0.3) is 15.2 Å². The predicted octanol–water partition coefficient (Wildman–Crippen LogP) is 2.25. The smallest absolute Gasteiger partial charge is 0.407 e. The zero-order chi connectivity index (χ0) is 31.4. The normalized spacial score (nSPS) is 17.5. The maximum absolute atomic E-state index is 13.7. The van der Waals surface area contributed by atoms with E-state index in [2.05, 4.69) is 25.3 Å². The Kier molecular flexibility index (Phi) is 8.89. The zero-order valence-electron chi connectivity index (χ0n) is 24.5. The third-order valence-electron chi connectivity index (χ3n) is 8.02. The first-order valence-corrected chi connectivity index (χ1v) is 16.1. The fourth-order valence-corrected chi connectivity index (χ4v) is 6.96. The summed E-state index contributed by atoms with van der Waals surface area (Å²) in [6, 6.07) is 15.7. The molecule has 0 saturated carbocycles. The fraction of sp³-hybridized carbons (Fsp3) is 0.367. The Labute approximate surface area is 259 Å². The van der Waals surface area contributed by atoms with Crippen molar-refractivity contribution in [3.05, 3.63) is 78.5 Å². The van der Waals surface area contributed by atoms with Gasteiger partial charge in [0.15, 0.2) is 0 Å². The number of hydrogen-bond acceptors (Lipinski definition) is 9. The molecule has 4 aromatic rings. The molecule has 0 bridgehead atoms. The van der Waals surface area contributed by atoms with Crippen LogP contribution in [0.25, 0.3) is 10.9 Å². The van der Waals surface area contributed by atoms with Crippen molar-refractivity contribution in [2.75, 3.05) is 50.7 Å². The Morgan fingerprint density at radius 3 is 2.60 bits per heavy atom. The van der Waals surface area contributed by atoms with Crippen LogP contribution in [0.15, 0.2) is 72.3 Å². The van der Waals surface area contributed by atoms with E-state index in [0.29, 0.717) is 38.1 Å². The summed E-state index contributed by atoms with van der Waals surface area (Å²) in [5, 5.41) is 7.21. The first-order chi connectivity index (χ1) is 21.8. The lowest BCUT2D eigenvalue weighted by atomic mass is 10.1. The Morgan fingerprint density at radius 1 is 1.00 bits per heavy atom. The highest BCUT2D eigenvalue weighted by Crippen LogP contribution is 2.28. The van der Waals surface area contributed by atoms with E-state index < -0.39 is 22.0 Å². The number of aromatic nitrogens is 4.